The Hall–Kier alpha value is -8.14. The van der Waals surface area contributed by atoms with Gasteiger partial charge >= 0.3 is 0 Å². The van der Waals surface area contributed by atoms with Gasteiger partial charge in [0.15, 0.2) is 0 Å². The molecular weight excluding hydrogens is 883 g/mol. The van der Waals surface area contributed by atoms with Crippen molar-refractivity contribution in [2.24, 2.45) is 0 Å². The standard InChI is InChI=1S/C70H59N3/c1-67(2)55-32-21-20-30-52(55)53-36-35-48(41-58(53)67)72(47-27-16-11-17-28-47)63-38-37-50(51-29-18-19-31-54(51)63)44-39-59-65-60(40-44)70(7,8)62-43-49(71(45-23-12-9-13-24-45)46-25-14-10-15-26-46)42-61-66(62)73(65)64-56(68(59,3)4)33-22-34-57(64)69(61,5)6/h9-43H,1-8H3. The first-order valence-electron chi connectivity index (χ1n) is 26.1. The predicted molar refractivity (Wildman–Crippen MR) is 307 cm³/mol. The van der Waals surface area contributed by atoms with Gasteiger partial charge in [-0.1, -0.05) is 189 Å². The first-order valence-corrected chi connectivity index (χ1v) is 26.1. The summed E-state index contributed by atoms with van der Waals surface area (Å²) in [5.41, 5.74) is 26.0. The molecule has 0 amide bonds. The second-order valence-corrected chi connectivity index (χ2v) is 23.0. The molecule has 0 bridgehead atoms. The largest absolute Gasteiger partial charge is 0.310 e. The fourth-order valence-electron chi connectivity index (χ4n) is 13.7. The van der Waals surface area contributed by atoms with Gasteiger partial charge in [-0.25, -0.2) is 0 Å². The zero-order valence-corrected chi connectivity index (χ0v) is 43.0. The van der Waals surface area contributed by atoms with Crippen LogP contribution < -0.4 is 14.7 Å². The average Bonchev–Trinajstić information content (AvgIpc) is 3.65. The van der Waals surface area contributed by atoms with Gasteiger partial charge in [-0.05, 0) is 151 Å². The highest BCUT2D eigenvalue weighted by Crippen LogP contribution is 2.67. The topological polar surface area (TPSA) is 9.72 Å². The van der Waals surface area contributed by atoms with Gasteiger partial charge in [-0.15, -0.1) is 0 Å². The fourth-order valence-corrected chi connectivity index (χ4v) is 13.7. The van der Waals surface area contributed by atoms with Crippen LogP contribution in [0.1, 0.15) is 99.9 Å². The Balaban J connectivity index is 0.989. The maximum atomic E-state index is 2.69. The van der Waals surface area contributed by atoms with Crippen molar-refractivity contribution < 1.29 is 0 Å². The van der Waals surface area contributed by atoms with Crippen molar-refractivity contribution in [3.8, 4) is 22.3 Å². The van der Waals surface area contributed by atoms with E-state index >= 15 is 0 Å². The number of hydrogen-bond acceptors (Lipinski definition) is 3. The number of benzene rings is 10. The highest BCUT2D eigenvalue weighted by atomic mass is 15.2. The van der Waals surface area contributed by atoms with Crippen LogP contribution in [0.25, 0.3) is 33.0 Å². The Morgan fingerprint density at radius 1 is 0.274 bits per heavy atom. The zero-order valence-electron chi connectivity index (χ0n) is 43.0. The molecule has 0 atom stereocenters. The molecule has 3 heteroatoms. The van der Waals surface area contributed by atoms with Crippen molar-refractivity contribution >= 4 is 62.0 Å². The van der Waals surface area contributed by atoms with Crippen LogP contribution in [0.3, 0.4) is 0 Å². The first kappa shape index (κ1) is 43.6. The van der Waals surface area contributed by atoms with E-state index in [9.17, 15) is 0 Å². The SMILES string of the molecule is CC1(C)c2ccccc2-c2ccc(N(c3ccccc3)c3ccc(-c4cc5c6c(c4)C(C)(C)c4cc(N(c7ccccc7)c7ccccc7)cc7c4N6c4c(cccc4C7(C)C)C5(C)C)c4ccccc34)cc21. The zero-order chi connectivity index (χ0) is 49.8. The lowest BCUT2D eigenvalue weighted by Gasteiger charge is -2.55. The highest BCUT2D eigenvalue weighted by molar-refractivity contribution is 6.08. The van der Waals surface area contributed by atoms with Crippen LogP contribution in [-0.4, -0.2) is 0 Å². The number of fused-ring (bicyclic) bond motifs is 4. The Labute approximate surface area is 430 Å². The van der Waals surface area contributed by atoms with E-state index in [-0.39, 0.29) is 21.7 Å². The summed E-state index contributed by atoms with van der Waals surface area (Å²) in [6.07, 6.45) is 0. The second-order valence-electron chi connectivity index (χ2n) is 23.0. The molecule has 0 radical (unpaired) electrons. The van der Waals surface area contributed by atoms with Gasteiger partial charge in [-0.2, -0.15) is 0 Å². The van der Waals surface area contributed by atoms with Crippen molar-refractivity contribution in [2.45, 2.75) is 77.0 Å². The van der Waals surface area contributed by atoms with Crippen LogP contribution in [0, 0.1) is 0 Å². The summed E-state index contributed by atoms with van der Waals surface area (Å²) in [4.78, 5) is 7.61. The van der Waals surface area contributed by atoms with Gasteiger partial charge < -0.3 is 14.7 Å². The predicted octanol–water partition coefficient (Wildman–Crippen LogP) is 19.1. The second kappa shape index (κ2) is 15.2. The average molecular weight is 942 g/mol. The molecule has 73 heavy (non-hydrogen) atoms. The summed E-state index contributed by atoms with van der Waals surface area (Å²) in [6.45, 7) is 19.5. The van der Waals surface area contributed by atoms with Crippen molar-refractivity contribution in [2.75, 3.05) is 14.7 Å². The van der Waals surface area contributed by atoms with E-state index in [0.717, 1.165) is 28.4 Å². The van der Waals surface area contributed by atoms with E-state index in [1.54, 1.807) is 0 Å². The van der Waals surface area contributed by atoms with Crippen molar-refractivity contribution in [1.82, 2.24) is 0 Å². The molecule has 354 valence electrons. The Kier molecular flexibility index (Phi) is 9.08. The van der Waals surface area contributed by atoms with E-state index in [1.807, 2.05) is 0 Å². The minimum Gasteiger partial charge on any atom is -0.310 e. The van der Waals surface area contributed by atoms with Crippen LogP contribution in [-0.2, 0) is 21.7 Å². The third kappa shape index (κ3) is 6.00. The van der Waals surface area contributed by atoms with Crippen molar-refractivity contribution in [1.29, 1.82) is 0 Å². The summed E-state index contributed by atoms with van der Waals surface area (Å²) in [5, 5.41) is 2.45. The quantitative estimate of drug-likeness (QED) is 0.158. The highest BCUT2D eigenvalue weighted by Gasteiger charge is 2.52. The van der Waals surface area contributed by atoms with Crippen molar-refractivity contribution in [3.05, 3.63) is 257 Å². The molecule has 0 saturated carbocycles. The molecule has 0 spiro atoms. The molecular formula is C70H59N3. The van der Waals surface area contributed by atoms with Crippen LogP contribution in [0.5, 0.6) is 0 Å². The number of anilines is 9. The lowest BCUT2D eigenvalue weighted by atomic mass is 9.60. The van der Waals surface area contributed by atoms with Gasteiger partial charge in [0.1, 0.15) is 0 Å². The molecule has 4 aliphatic rings. The van der Waals surface area contributed by atoms with Crippen LogP contribution in [0.15, 0.2) is 212 Å². The van der Waals surface area contributed by atoms with Gasteiger partial charge in [0.25, 0.3) is 0 Å². The third-order valence-corrected chi connectivity index (χ3v) is 17.5. The van der Waals surface area contributed by atoms with Crippen LogP contribution >= 0.6 is 0 Å². The molecule has 10 aromatic rings. The fraction of sp³-hybridized carbons (Fsp3) is 0.171. The summed E-state index contributed by atoms with van der Waals surface area (Å²) in [5.74, 6) is 0. The van der Waals surface area contributed by atoms with E-state index in [2.05, 4.69) is 282 Å². The lowest BCUT2D eigenvalue weighted by Crippen LogP contribution is -2.43. The van der Waals surface area contributed by atoms with Crippen molar-refractivity contribution in [3.63, 3.8) is 0 Å². The molecule has 0 aromatic heterocycles. The first-order chi connectivity index (χ1) is 35.3. The number of nitrogens with zero attached hydrogens (tertiary/aromatic N) is 3. The van der Waals surface area contributed by atoms with Gasteiger partial charge in [-0.3, -0.25) is 0 Å². The summed E-state index contributed by atoms with van der Waals surface area (Å²) < 4.78 is 0. The van der Waals surface area contributed by atoms with E-state index in [4.69, 9.17) is 0 Å². The normalized spacial score (nSPS) is 16.1. The van der Waals surface area contributed by atoms with E-state index in [1.165, 1.54) is 100 Å². The molecule has 1 aliphatic carbocycles. The van der Waals surface area contributed by atoms with E-state index in [0.29, 0.717) is 0 Å². The maximum Gasteiger partial charge on any atom is 0.0545 e. The smallest absolute Gasteiger partial charge is 0.0545 e. The minimum absolute atomic E-state index is 0.121. The molecule has 3 aliphatic heterocycles. The maximum absolute atomic E-state index is 2.69. The van der Waals surface area contributed by atoms with Gasteiger partial charge in [0, 0.05) is 55.5 Å². The Bertz CT molecular complexity index is 3880. The molecule has 0 fully saturated rings. The summed E-state index contributed by atoms with van der Waals surface area (Å²) in [6, 6.07) is 79.8. The summed E-state index contributed by atoms with van der Waals surface area (Å²) in [7, 11) is 0. The third-order valence-electron chi connectivity index (χ3n) is 17.5. The summed E-state index contributed by atoms with van der Waals surface area (Å²) >= 11 is 0. The number of rotatable bonds is 7. The van der Waals surface area contributed by atoms with Gasteiger partial charge in [0.05, 0.1) is 22.7 Å². The van der Waals surface area contributed by atoms with Gasteiger partial charge in [0.2, 0.25) is 0 Å². The monoisotopic (exact) mass is 941 g/mol. The Morgan fingerprint density at radius 3 is 1.27 bits per heavy atom. The lowest BCUT2D eigenvalue weighted by molar-refractivity contribution is 0.567. The molecule has 10 aromatic carbocycles. The molecule has 14 rings (SSSR count). The minimum atomic E-state index is -0.369. The molecule has 3 heterocycles. The molecule has 0 N–H and O–H groups in total. The van der Waals surface area contributed by atoms with Crippen LogP contribution in [0.4, 0.5) is 51.2 Å². The molecule has 0 unspecified atom stereocenters. The molecule has 3 nitrogen and oxygen atoms in total. The number of hydrogen-bond donors (Lipinski definition) is 0. The Morgan fingerprint density at radius 2 is 0.685 bits per heavy atom. The van der Waals surface area contributed by atoms with E-state index < -0.39 is 0 Å². The number of para-hydroxylation sites is 4. The van der Waals surface area contributed by atoms with Crippen LogP contribution in [0.2, 0.25) is 0 Å². The molecule has 0 saturated heterocycles.